The molecule has 0 spiro atoms. The Morgan fingerprint density at radius 1 is 1.14 bits per heavy atom. The number of amides is 1. The highest BCUT2D eigenvalue weighted by atomic mass is 35.5. The number of carbonyl (C=O) groups excluding carboxylic acids is 1. The van der Waals surface area contributed by atoms with Crippen molar-refractivity contribution in [2.75, 3.05) is 0 Å². The fraction of sp³-hybridized carbons (Fsp3) is 0.250. The van der Waals surface area contributed by atoms with Crippen molar-refractivity contribution in [3.63, 3.8) is 0 Å². The third kappa shape index (κ3) is 4.44. The SMILES string of the molecule is Cl.Cl.O=C(NCc1ccncc1)C1Cc2ccccc2CN1. The minimum absolute atomic E-state index is 0. The van der Waals surface area contributed by atoms with E-state index in [0.29, 0.717) is 6.54 Å². The van der Waals surface area contributed by atoms with Crippen molar-refractivity contribution < 1.29 is 4.79 Å². The lowest BCUT2D eigenvalue weighted by molar-refractivity contribution is -0.123. The molecule has 22 heavy (non-hydrogen) atoms. The zero-order valence-corrected chi connectivity index (χ0v) is 13.6. The van der Waals surface area contributed by atoms with Gasteiger partial charge in [0.1, 0.15) is 0 Å². The Kier molecular flexibility index (Phi) is 7.32. The smallest absolute Gasteiger partial charge is 0.237 e. The van der Waals surface area contributed by atoms with E-state index in [-0.39, 0.29) is 36.8 Å². The Morgan fingerprint density at radius 3 is 2.55 bits per heavy atom. The van der Waals surface area contributed by atoms with Gasteiger partial charge in [-0.25, -0.2) is 0 Å². The quantitative estimate of drug-likeness (QED) is 0.901. The molecule has 1 aromatic heterocycles. The third-order valence-electron chi connectivity index (χ3n) is 3.61. The van der Waals surface area contributed by atoms with Gasteiger partial charge in [0.15, 0.2) is 0 Å². The van der Waals surface area contributed by atoms with Crippen LogP contribution in [0, 0.1) is 0 Å². The fourth-order valence-electron chi connectivity index (χ4n) is 2.45. The summed E-state index contributed by atoms with van der Waals surface area (Å²) in [5.41, 5.74) is 3.60. The number of nitrogens with zero attached hydrogens (tertiary/aromatic N) is 1. The van der Waals surface area contributed by atoms with E-state index in [9.17, 15) is 4.79 Å². The van der Waals surface area contributed by atoms with Gasteiger partial charge in [0.2, 0.25) is 5.91 Å². The number of carbonyl (C=O) groups is 1. The highest BCUT2D eigenvalue weighted by Crippen LogP contribution is 2.16. The van der Waals surface area contributed by atoms with Crippen LogP contribution in [0.1, 0.15) is 16.7 Å². The standard InChI is InChI=1S/C16H17N3O.2ClH/c20-16(19-10-12-5-7-17-8-6-12)15-9-13-3-1-2-4-14(13)11-18-15;;/h1-8,15,18H,9-11H2,(H,19,20);2*1H. The van der Waals surface area contributed by atoms with Gasteiger partial charge in [-0.05, 0) is 35.2 Å². The summed E-state index contributed by atoms with van der Waals surface area (Å²) in [6.45, 7) is 1.30. The lowest BCUT2D eigenvalue weighted by Gasteiger charge is -2.25. The second kappa shape index (κ2) is 8.73. The van der Waals surface area contributed by atoms with Crippen molar-refractivity contribution in [3.05, 3.63) is 65.5 Å². The maximum absolute atomic E-state index is 12.2. The predicted octanol–water partition coefficient (Wildman–Crippen LogP) is 2.26. The fourth-order valence-corrected chi connectivity index (χ4v) is 2.45. The van der Waals surface area contributed by atoms with Crippen molar-refractivity contribution >= 4 is 30.7 Å². The number of nitrogens with one attached hydrogen (secondary N) is 2. The molecule has 118 valence electrons. The van der Waals surface area contributed by atoms with Crippen LogP contribution < -0.4 is 10.6 Å². The Labute approximate surface area is 142 Å². The second-order valence-corrected chi connectivity index (χ2v) is 4.98. The van der Waals surface area contributed by atoms with Crippen LogP contribution in [0.25, 0.3) is 0 Å². The molecular weight excluding hydrogens is 321 g/mol. The number of pyridine rings is 1. The molecule has 0 saturated carbocycles. The number of aromatic nitrogens is 1. The maximum atomic E-state index is 12.2. The van der Waals surface area contributed by atoms with Crippen molar-refractivity contribution in [3.8, 4) is 0 Å². The molecule has 1 aliphatic heterocycles. The topological polar surface area (TPSA) is 54.0 Å². The summed E-state index contributed by atoms with van der Waals surface area (Å²) in [6.07, 6.45) is 4.21. The molecule has 0 radical (unpaired) electrons. The molecule has 0 aliphatic carbocycles. The first-order chi connectivity index (χ1) is 9.83. The van der Waals surface area contributed by atoms with E-state index in [1.165, 1.54) is 11.1 Å². The van der Waals surface area contributed by atoms with Gasteiger partial charge in [0.25, 0.3) is 0 Å². The van der Waals surface area contributed by atoms with Crippen LogP contribution in [0.15, 0.2) is 48.8 Å². The molecule has 2 heterocycles. The first-order valence-electron chi connectivity index (χ1n) is 6.80. The van der Waals surface area contributed by atoms with Crippen LogP contribution in [0.4, 0.5) is 0 Å². The van der Waals surface area contributed by atoms with E-state index < -0.39 is 0 Å². The monoisotopic (exact) mass is 339 g/mol. The molecule has 2 aromatic rings. The largest absolute Gasteiger partial charge is 0.351 e. The van der Waals surface area contributed by atoms with E-state index >= 15 is 0 Å². The zero-order valence-electron chi connectivity index (χ0n) is 12.0. The average Bonchev–Trinajstić information content (AvgIpc) is 2.53. The molecule has 1 aliphatic rings. The van der Waals surface area contributed by atoms with Crippen molar-refractivity contribution in [1.82, 2.24) is 15.6 Å². The number of hydrogen-bond acceptors (Lipinski definition) is 3. The summed E-state index contributed by atoms with van der Waals surface area (Å²) in [5, 5.41) is 6.26. The molecule has 2 N–H and O–H groups in total. The van der Waals surface area contributed by atoms with Gasteiger partial charge in [-0.3, -0.25) is 9.78 Å². The van der Waals surface area contributed by atoms with Crippen LogP contribution >= 0.6 is 24.8 Å². The predicted molar refractivity (Wildman–Crippen MR) is 91.4 cm³/mol. The first kappa shape index (κ1) is 18.4. The highest BCUT2D eigenvalue weighted by Gasteiger charge is 2.23. The lowest BCUT2D eigenvalue weighted by atomic mass is 9.95. The number of hydrogen-bond donors (Lipinski definition) is 2. The Bertz CT molecular complexity index is 607. The molecule has 6 heteroatoms. The van der Waals surface area contributed by atoms with E-state index in [0.717, 1.165) is 18.5 Å². The minimum Gasteiger partial charge on any atom is -0.351 e. The van der Waals surface area contributed by atoms with Gasteiger partial charge < -0.3 is 10.6 Å². The lowest BCUT2D eigenvalue weighted by Crippen LogP contribution is -2.47. The van der Waals surface area contributed by atoms with Gasteiger partial charge in [-0.1, -0.05) is 24.3 Å². The number of benzene rings is 1. The van der Waals surface area contributed by atoms with E-state index in [4.69, 9.17) is 0 Å². The zero-order chi connectivity index (χ0) is 13.8. The highest BCUT2D eigenvalue weighted by molar-refractivity contribution is 5.85. The molecular formula is C16H19Cl2N3O. The second-order valence-electron chi connectivity index (χ2n) is 4.98. The van der Waals surface area contributed by atoms with Gasteiger partial charge >= 0.3 is 0 Å². The summed E-state index contributed by atoms with van der Waals surface area (Å²) >= 11 is 0. The molecule has 1 atom stereocenters. The van der Waals surface area contributed by atoms with Gasteiger partial charge in [0.05, 0.1) is 6.04 Å². The van der Waals surface area contributed by atoms with Gasteiger partial charge in [0, 0.05) is 25.5 Å². The summed E-state index contributed by atoms with van der Waals surface area (Å²) in [4.78, 5) is 16.2. The van der Waals surface area contributed by atoms with E-state index in [2.05, 4.69) is 27.8 Å². The molecule has 0 saturated heterocycles. The van der Waals surface area contributed by atoms with Crippen LogP contribution in [0.3, 0.4) is 0 Å². The van der Waals surface area contributed by atoms with E-state index in [1.54, 1.807) is 12.4 Å². The van der Waals surface area contributed by atoms with Crippen molar-refractivity contribution in [2.24, 2.45) is 0 Å². The summed E-state index contributed by atoms with van der Waals surface area (Å²) in [6, 6.07) is 11.9. The third-order valence-corrected chi connectivity index (χ3v) is 3.61. The van der Waals surface area contributed by atoms with Gasteiger partial charge in [-0.15, -0.1) is 24.8 Å². The minimum atomic E-state index is -0.147. The molecule has 0 bridgehead atoms. The normalized spacial score (nSPS) is 15.7. The van der Waals surface area contributed by atoms with Crippen LogP contribution in [0.5, 0.6) is 0 Å². The summed E-state index contributed by atoms with van der Waals surface area (Å²) in [7, 11) is 0. The van der Waals surface area contributed by atoms with Gasteiger partial charge in [-0.2, -0.15) is 0 Å². The summed E-state index contributed by atoms with van der Waals surface area (Å²) < 4.78 is 0. The Hall–Kier alpha value is -1.62. The molecule has 1 amide bonds. The van der Waals surface area contributed by atoms with Crippen molar-refractivity contribution in [2.45, 2.75) is 25.6 Å². The van der Waals surface area contributed by atoms with Crippen LogP contribution in [-0.4, -0.2) is 16.9 Å². The number of fused-ring (bicyclic) bond motifs is 1. The first-order valence-corrected chi connectivity index (χ1v) is 6.80. The molecule has 1 unspecified atom stereocenters. The van der Waals surface area contributed by atoms with Crippen LogP contribution in [0.2, 0.25) is 0 Å². The molecule has 0 fully saturated rings. The summed E-state index contributed by atoms with van der Waals surface area (Å²) in [5.74, 6) is 0.0521. The molecule has 3 rings (SSSR count). The van der Waals surface area contributed by atoms with Crippen LogP contribution in [-0.2, 0) is 24.3 Å². The number of halogens is 2. The maximum Gasteiger partial charge on any atom is 0.237 e. The average molecular weight is 340 g/mol. The molecule has 1 aromatic carbocycles. The van der Waals surface area contributed by atoms with E-state index in [1.807, 2.05) is 24.3 Å². The van der Waals surface area contributed by atoms with Crippen molar-refractivity contribution in [1.29, 1.82) is 0 Å². The Morgan fingerprint density at radius 2 is 1.82 bits per heavy atom. The molecule has 4 nitrogen and oxygen atoms in total. The Balaban J connectivity index is 0.00000121. The number of rotatable bonds is 3.